The van der Waals surface area contributed by atoms with Crippen molar-refractivity contribution in [2.24, 2.45) is 0 Å². The number of aromatic amines is 1. The molecule has 2 aromatic heterocycles. The van der Waals surface area contributed by atoms with E-state index < -0.39 is 0 Å². The second-order valence-electron chi connectivity index (χ2n) is 2.27. The number of H-pyrrole nitrogens is 1. The molecule has 0 unspecified atom stereocenters. The largest absolute Gasteiger partial charge is 0.390 e. The monoisotopic (exact) mass is 166 g/mol. The third-order valence-electron chi connectivity index (χ3n) is 1.48. The van der Waals surface area contributed by atoms with Crippen molar-refractivity contribution in [3.8, 4) is 0 Å². The molecular weight excluding hydrogens is 160 g/mol. The van der Waals surface area contributed by atoms with Crippen LogP contribution in [-0.4, -0.2) is 24.7 Å². The van der Waals surface area contributed by atoms with E-state index in [4.69, 9.17) is 5.11 Å². The lowest BCUT2D eigenvalue weighted by molar-refractivity contribution is 0.276. The SMILES string of the molecule is O=c1cc(CO)nc2nc[nH]n12. The topological polar surface area (TPSA) is 83.3 Å². The lowest BCUT2D eigenvalue weighted by Gasteiger charge is -1.93. The van der Waals surface area contributed by atoms with Gasteiger partial charge in [-0.15, -0.1) is 0 Å². The van der Waals surface area contributed by atoms with E-state index in [0.717, 1.165) is 0 Å². The van der Waals surface area contributed by atoms with Gasteiger partial charge in [-0.2, -0.15) is 4.52 Å². The Hall–Kier alpha value is -1.69. The Morgan fingerprint density at radius 2 is 2.50 bits per heavy atom. The summed E-state index contributed by atoms with van der Waals surface area (Å²) in [5.41, 5.74) is 0.0497. The Bertz CT molecular complexity index is 458. The Kier molecular flexibility index (Phi) is 1.41. The van der Waals surface area contributed by atoms with Gasteiger partial charge in [0.2, 0.25) is 0 Å². The summed E-state index contributed by atoms with van der Waals surface area (Å²) in [4.78, 5) is 18.8. The molecule has 2 N–H and O–H groups in total. The molecule has 0 aliphatic carbocycles. The average Bonchev–Trinajstić information content (AvgIpc) is 2.52. The molecule has 6 nitrogen and oxygen atoms in total. The number of nitrogens with one attached hydrogen (secondary N) is 1. The smallest absolute Gasteiger partial charge is 0.274 e. The quantitative estimate of drug-likeness (QED) is 0.563. The van der Waals surface area contributed by atoms with Crippen molar-refractivity contribution in [2.45, 2.75) is 6.61 Å². The van der Waals surface area contributed by atoms with E-state index in [1.54, 1.807) is 0 Å². The highest BCUT2D eigenvalue weighted by atomic mass is 16.3. The van der Waals surface area contributed by atoms with E-state index >= 15 is 0 Å². The zero-order valence-corrected chi connectivity index (χ0v) is 6.06. The molecule has 0 aromatic carbocycles. The first-order valence-electron chi connectivity index (χ1n) is 3.34. The van der Waals surface area contributed by atoms with Gasteiger partial charge in [-0.05, 0) is 0 Å². The molecule has 12 heavy (non-hydrogen) atoms. The Morgan fingerprint density at radius 1 is 1.67 bits per heavy atom. The fourth-order valence-corrected chi connectivity index (χ4v) is 0.950. The number of aliphatic hydroxyl groups excluding tert-OH is 1. The van der Waals surface area contributed by atoms with Gasteiger partial charge in [-0.25, -0.2) is 9.97 Å². The number of hydrogen-bond donors (Lipinski definition) is 2. The molecule has 0 saturated carbocycles. The summed E-state index contributed by atoms with van der Waals surface area (Å²) in [6, 6.07) is 1.26. The van der Waals surface area contributed by atoms with Crippen molar-refractivity contribution in [3.05, 3.63) is 28.4 Å². The first-order chi connectivity index (χ1) is 5.81. The number of nitrogens with zero attached hydrogens (tertiary/aromatic N) is 3. The molecule has 62 valence electrons. The van der Waals surface area contributed by atoms with E-state index in [9.17, 15) is 4.79 Å². The van der Waals surface area contributed by atoms with Crippen LogP contribution in [0, 0.1) is 0 Å². The maximum absolute atomic E-state index is 11.2. The van der Waals surface area contributed by atoms with Gasteiger partial charge in [0.25, 0.3) is 11.3 Å². The van der Waals surface area contributed by atoms with Crippen LogP contribution in [-0.2, 0) is 6.61 Å². The van der Waals surface area contributed by atoms with Crippen LogP contribution in [0.15, 0.2) is 17.2 Å². The molecule has 2 rings (SSSR count). The van der Waals surface area contributed by atoms with E-state index in [-0.39, 0.29) is 17.9 Å². The third kappa shape index (κ3) is 0.892. The summed E-state index contributed by atoms with van der Waals surface area (Å²) in [5.74, 6) is 0.270. The van der Waals surface area contributed by atoms with Gasteiger partial charge in [0.1, 0.15) is 6.33 Å². The fraction of sp³-hybridized carbons (Fsp3) is 0.167. The van der Waals surface area contributed by atoms with E-state index in [1.165, 1.54) is 16.9 Å². The van der Waals surface area contributed by atoms with Crippen molar-refractivity contribution >= 4 is 5.78 Å². The van der Waals surface area contributed by atoms with Gasteiger partial charge >= 0.3 is 0 Å². The Balaban J connectivity index is 2.84. The lowest BCUT2D eigenvalue weighted by Crippen LogP contribution is -2.15. The van der Waals surface area contributed by atoms with Crippen LogP contribution >= 0.6 is 0 Å². The number of aromatic nitrogens is 4. The standard InChI is InChI=1S/C6H6N4O2/c11-2-4-1-5(12)10-6(9-4)7-3-8-10/h1,3,11H,2H2,(H,7,8,9). The summed E-state index contributed by atoms with van der Waals surface area (Å²) in [6.07, 6.45) is 1.37. The Labute approximate surface area is 66.5 Å². The van der Waals surface area contributed by atoms with Gasteiger partial charge < -0.3 is 5.11 Å². The van der Waals surface area contributed by atoms with Crippen molar-refractivity contribution in [1.82, 2.24) is 19.6 Å². The fourth-order valence-electron chi connectivity index (χ4n) is 0.950. The second-order valence-corrected chi connectivity index (χ2v) is 2.27. The lowest BCUT2D eigenvalue weighted by atomic mass is 10.4. The molecule has 2 heterocycles. The summed E-state index contributed by atoms with van der Waals surface area (Å²) in [6.45, 7) is -0.251. The second kappa shape index (κ2) is 2.42. The molecule has 0 saturated heterocycles. The van der Waals surface area contributed by atoms with Crippen LogP contribution in [0.2, 0.25) is 0 Å². The maximum atomic E-state index is 11.2. The highest BCUT2D eigenvalue weighted by Crippen LogP contribution is 1.92. The van der Waals surface area contributed by atoms with Crippen LogP contribution in [0.5, 0.6) is 0 Å². The minimum absolute atomic E-state index is 0.251. The maximum Gasteiger partial charge on any atom is 0.274 e. The number of hydrogen-bond acceptors (Lipinski definition) is 4. The summed E-state index contributed by atoms with van der Waals surface area (Å²) < 4.78 is 1.19. The average molecular weight is 166 g/mol. The van der Waals surface area contributed by atoms with Gasteiger partial charge in [-0.3, -0.25) is 9.89 Å². The molecule has 0 fully saturated rings. The highest BCUT2D eigenvalue weighted by Gasteiger charge is 2.01. The van der Waals surface area contributed by atoms with Crippen molar-refractivity contribution in [1.29, 1.82) is 0 Å². The third-order valence-corrected chi connectivity index (χ3v) is 1.48. The molecule has 0 atom stereocenters. The highest BCUT2D eigenvalue weighted by molar-refractivity contribution is 5.25. The van der Waals surface area contributed by atoms with E-state index in [1.807, 2.05) is 0 Å². The van der Waals surface area contributed by atoms with Crippen molar-refractivity contribution < 1.29 is 5.11 Å². The van der Waals surface area contributed by atoms with Crippen LogP contribution in [0.3, 0.4) is 0 Å². The minimum atomic E-state index is -0.276. The summed E-state index contributed by atoms with van der Waals surface area (Å²) >= 11 is 0. The van der Waals surface area contributed by atoms with E-state index in [2.05, 4.69) is 15.1 Å². The summed E-state index contributed by atoms with van der Waals surface area (Å²) in [7, 11) is 0. The van der Waals surface area contributed by atoms with Gasteiger partial charge in [0.05, 0.1) is 12.3 Å². The molecule has 6 heteroatoms. The molecule has 0 radical (unpaired) electrons. The number of aliphatic hydroxyl groups is 1. The predicted octanol–water partition coefficient (Wildman–Crippen LogP) is -1.09. The molecule has 0 bridgehead atoms. The van der Waals surface area contributed by atoms with Gasteiger partial charge in [0.15, 0.2) is 0 Å². The minimum Gasteiger partial charge on any atom is -0.390 e. The summed E-state index contributed by atoms with van der Waals surface area (Å²) in [5, 5.41) is 11.3. The van der Waals surface area contributed by atoms with Gasteiger partial charge in [-0.1, -0.05) is 0 Å². The number of rotatable bonds is 1. The van der Waals surface area contributed by atoms with Crippen LogP contribution in [0.25, 0.3) is 5.78 Å². The molecule has 0 aliphatic heterocycles. The first-order valence-corrected chi connectivity index (χ1v) is 3.34. The number of fused-ring (bicyclic) bond motifs is 1. The van der Waals surface area contributed by atoms with Crippen LogP contribution in [0.1, 0.15) is 5.69 Å². The molecule has 0 spiro atoms. The van der Waals surface area contributed by atoms with Gasteiger partial charge in [0, 0.05) is 6.07 Å². The zero-order chi connectivity index (χ0) is 8.55. The van der Waals surface area contributed by atoms with Crippen molar-refractivity contribution in [3.63, 3.8) is 0 Å². The van der Waals surface area contributed by atoms with Crippen LogP contribution < -0.4 is 5.56 Å². The molecule has 2 aromatic rings. The predicted molar refractivity (Wildman–Crippen MR) is 39.5 cm³/mol. The first kappa shape index (κ1) is 6.99. The van der Waals surface area contributed by atoms with Crippen molar-refractivity contribution in [2.75, 3.05) is 0 Å². The molecule has 0 amide bonds. The van der Waals surface area contributed by atoms with Crippen LogP contribution in [0.4, 0.5) is 0 Å². The zero-order valence-electron chi connectivity index (χ0n) is 6.06. The Morgan fingerprint density at radius 3 is 3.25 bits per heavy atom. The normalized spacial score (nSPS) is 10.8. The van der Waals surface area contributed by atoms with E-state index in [0.29, 0.717) is 5.69 Å². The molecule has 0 aliphatic rings. The molecular formula is C6H6N4O2.